The number of carboxylic acids is 1. The first kappa shape index (κ1) is 14.5. The number of aromatic carboxylic acids is 1. The third kappa shape index (κ3) is 3.35. The van der Waals surface area contributed by atoms with Gasteiger partial charge in [0.25, 0.3) is 0 Å². The first-order chi connectivity index (χ1) is 9.86. The summed E-state index contributed by atoms with van der Waals surface area (Å²) < 4.78 is 40.2. The summed E-state index contributed by atoms with van der Waals surface area (Å²) in [7, 11) is 0. The van der Waals surface area contributed by atoms with Gasteiger partial charge in [0, 0.05) is 12.1 Å². The molecule has 0 atom stereocenters. The molecule has 10 heteroatoms. The second-order valence-electron chi connectivity index (χ2n) is 3.90. The molecule has 2 aromatic rings. The maximum atomic E-state index is 13.3. The minimum Gasteiger partial charge on any atom is -0.476 e. The standard InChI is InChI=1S/C11H7F3N4O3/c12-5-1-6(13)10(7(14)2-5)15-9(19)4-18-3-8(11(20)21)16-17-18/h1-3H,4H2,(H,15,19)(H,20,21). The highest BCUT2D eigenvalue weighted by molar-refractivity contribution is 5.91. The van der Waals surface area contributed by atoms with Gasteiger partial charge in [-0.1, -0.05) is 5.21 Å². The molecule has 1 amide bonds. The van der Waals surface area contributed by atoms with Crippen molar-refractivity contribution in [3.05, 3.63) is 41.5 Å². The lowest BCUT2D eigenvalue weighted by atomic mass is 10.2. The zero-order chi connectivity index (χ0) is 15.6. The van der Waals surface area contributed by atoms with Gasteiger partial charge >= 0.3 is 5.97 Å². The Morgan fingerprint density at radius 3 is 2.38 bits per heavy atom. The Morgan fingerprint density at radius 2 is 1.86 bits per heavy atom. The number of amides is 1. The van der Waals surface area contributed by atoms with Crippen LogP contribution in [0.3, 0.4) is 0 Å². The van der Waals surface area contributed by atoms with Crippen molar-refractivity contribution >= 4 is 17.6 Å². The zero-order valence-electron chi connectivity index (χ0n) is 10.2. The molecule has 0 spiro atoms. The largest absolute Gasteiger partial charge is 0.476 e. The van der Waals surface area contributed by atoms with Crippen LogP contribution in [-0.2, 0) is 11.3 Å². The van der Waals surface area contributed by atoms with Gasteiger partial charge in [-0.3, -0.25) is 4.79 Å². The van der Waals surface area contributed by atoms with Gasteiger partial charge in [0.15, 0.2) is 17.3 Å². The van der Waals surface area contributed by atoms with Crippen LogP contribution >= 0.6 is 0 Å². The summed E-state index contributed by atoms with van der Waals surface area (Å²) >= 11 is 0. The highest BCUT2D eigenvalue weighted by atomic mass is 19.1. The topological polar surface area (TPSA) is 97.1 Å². The fraction of sp³-hybridized carbons (Fsp3) is 0.0909. The molecule has 0 aliphatic heterocycles. The SMILES string of the molecule is O=C(Cn1cc(C(=O)O)nn1)Nc1c(F)cc(F)cc1F. The summed E-state index contributed by atoms with van der Waals surface area (Å²) in [5, 5.41) is 17.1. The van der Waals surface area contributed by atoms with E-state index in [9.17, 15) is 22.8 Å². The Balaban J connectivity index is 2.10. The Kier molecular flexibility index (Phi) is 3.87. The average molecular weight is 300 g/mol. The minimum atomic E-state index is -1.34. The van der Waals surface area contributed by atoms with E-state index < -0.39 is 41.6 Å². The van der Waals surface area contributed by atoms with Gasteiger partial charge in [-0.15, -0.1) is 5.10 Å². The first-order valence-corrected chi connectivity index (χ1v) is 5.44. The molecule has 0 aliphatic rings. The number of carboxylic acid groups (broad SMARTS) is 1. The van der Waals surface area contributed by atoms with Crippen molar-refractivity contribution < 1.29 is 27.9 Å². The molecule has 0 fully saturated rings. The second-order valence-corrected chi connectivity index (χ2v) is 3.90. The number of anilines is 1. The van der Waals surface area contributed by atoms with Crippen molar-refractivity contribution in [2.24, 2.45) is 0 Å². The molecule has 21 heavy (non-hydrogen) atoms. The number of benzene rings is 1. The lowest BCUT2D eigenvalue weighted by molar-refractivity contribution is -0.117. The average Bonchev–Trinajstić information content (AvgIpc) is 2.82. The monoisotopic (exact) mass is 300 g/mol. The summed E-state index contributed by atoms with van der Waals surface area (Å²) in [5.74, 6) is -5.89. The highest BCUT2D eigenvalue weighted by Crippen LogP contribution is 2.20. The molecule has 0 saturated heterocycles. The number of nitrogens with zero attached hydrogens (tertiary/aromatic N) is 3. The van der Waals surface area contributed by atoms with Gasteiger partial charge in [0.2, 0.25) is 5.91 Å². The van der Waals surface area contributed by atoms with Crippen LogP contribution in [0.25, 0.3) is 0 Å². The Bertz CT molecular complexity index is 693. The van der Waals surface area contributed by atoms with Crippen molar-refractivity contribution in [1.82, 2.24) is 15.0 Å². The second kappa shape index (κ2) is 5.61. The molecule has 1 heterocycles. The lowest BCUT2D eigenvalue weighted by Crippen LogP contribution is -2.20. The molecule has 1 aromatic heterocycles. The fourth-order valence-corrected chi connectivity index (χ4v) is 1.46. The van der Waals surface area contributed by atoms with Gasteiger partial charge in [-0.25, -0.2) is 22.6 Å². The quantitative estimate of drug-likeness (QED) is 0.879. The van der Waals surface area contributed by atoms with Crippen molar-refractivity contribution in [2.45, 2.75) is 6.54 Å². The van der Waals surface area contributed by atoms with Crippen LogP contribution in [0.2, 0.25) is 0 Å². The minimum absolute atomic E-state index is 0.387. The van der Waals surface area contributed by atoms with Crippen molar-refractivity contribution in [3.8, 4) is 0 Å². The third-order valence-corrected chi connectivity index (χ3v) is 2.33. The van der Waals surface area contributed by atoms with Gasteiger partial charge in [-0.2, -0.15) is 0 Å². The van der Waals surface area contributed by atoms with Crippen LogP contribution in [0.5, 0.6) is 0 Å². The van der Waals surface area contributed by atoms with Gasteiger partial charge in [0.1, 0.15) is 18.0 Å². The van der Waals surface area contributed by atoms with Crippen molar-refractivity contribution in [2.75, 3.05) is 5.32 Å². The van der Waals surface area contributed by atoms with E-state index in [-0.39, 0.29) is 5.69 Å². The summed E-state index contributed by atoms with van der Waals surface area (Å²) in [6, 6.07) is 0.827. The molecule has 0 saturated carbocycles. The molecule has 2 N–H and O–H groups in total. The van der Waals surface area contributed by atoms with Crippen LogP contribution in [0.15, 0.2) is 18.3 Å². The number of carbonyl (C=O) groups is 2. The number of rotatable bonds is 4. The Hall–Kier alpha value is -2.91. The van der Waals surface area contributed by atoms with Gasteiger partial charge < -0.3 is 10.4 Å². The zero-order valence-corrected chi connectivity index (χ0v) is 10.2. The normalized spacial score (nSPS) is 10.4. The molecule has 0 aliphatic carbocycles. The van der Waals surface area contributed by atoms with Crippen LogP contribution in [0.1, 0.15) is 10.5 Å². The number of nitrogens with one attached hydrogen (secondary N) is 1. The van der Waals surface area contributed by atoms with Gasteiger partial charge in [-0.05, 0) is 0 Å². The summed E-state index contributed by atoms with van der Waals surface area (Å²) in [6.45, 7) is -0.517. The van der Waals surface area contributed by atoms with E-state index in [1.165, 1.54) is 0 Å². The molecular formula is C11H7F3N4O3. The molecule has 0 bridgehead atoms. The first-order valence-electron chi connectivity index (χ1n) is 5.44. The van der Waals surface area contributed by atoms with Crippen molar-refractivity contribution in [1.29, 1.82) is 0 Å². The maximum Gasteiger partial charge on any atom is 0.358 e. The van der Waals surface area contributed by atoms with Crippen LogP contribution in [0, 0.1) is 17.5 Å². The lowest BCUT2D eigenvalue weighted by Gasteiger charge is -2.07. The number of hydrogen-bond acceptors (Lipinski definition) is 4. The smallest absolute Gasteiger partial charge is 0.358 e. The number of carbonyl (C=O) groups excluding carboxylic acids is 1. The molecule has 0 unspecified atom stereocenters. The number of hydrogen-bond donors (Lipinski definition) is 2. The van der Waals surface area contributed by atoms with E-state index in [1.807, 2.05) is 5.32 Å². The van der Waals surface area contributed by atoms with Gasteiger partial charge in [0.05, 0.1) is 6.20 Å². The predicted octanol–water partition coefficient (Wildman–Crippen LogP) is 1.03. The van der Waals surface area contributed by atoms with E-state index in [0.29, 0.717) is 12.1 Å². The summed E-state index contributed by atoms with van der Waals surface area (Å²) in [5.41, 5.74) is -1.19. The van der Waals surface area contributed by atoms with Crippen LogP contribution in [0.4, 0.5) is 18.9 Å². The highest BCUT2D eigenvalue weighted by Gasteiger charge is 2.16. The van der Waals surface area contributed by atoms with E-state index in [1.54, 1.807) is 0 Å². The summed E-state index contributed by atoms with van der Waals surface area (Å²) in [4.78, 5) is 22.1. The fourth-order valence-electron chi connectivity index (χ4n) is 1.46. The number of halogens is 3. The van der Waals surface area contributed by atoms with E-state index in [0.717, 1.165) is 10.9 Å². The Labute approximate surface area is 115 Å². The molecule has 0 radical (unpaired) electrons. The predicted molar refractivity (Wildman–Crippen MR) is 61.9 cm³/mol. The van der Waals surface area contributed by atoms with E-state index in [2.05, 4.69) is 10.3 Å². The van der Waals surface area contributed by atoms with Crippen molar-refractivity contribution in [3.63, 3.8) is 0 Å². The van der Waals surface area contributed by atoms with Crippen LogP contribution < -0.4 is 5.32 Å². The molecule has 7 nitrogen and oxygen atoms in total. The van der Waals surface area contributed by atoms with Crippen LogP contribution in [-0.4, -0.2) is 32.0 Å². The number of aromatic nitrogens is 3. The molecule has 110 valence electrons. The molecular weight excluding hydrogens is 293 g/mol. The molecule has 1 aromatic carbocycles. The third-order valence-electron chi connectivity index (χ3n) is 2.33. The van der Waals surface area contributed by atoms with E-state index in [4.69, 9.17) is 5.11 Å². The Morgan fingerprint density at radius 1 is 1.24 bits per heavy atom. The molecule has 2 rings (SSSR count). The summed E-state index contributed by atoms with van der Waals surface area (Å²) in [6.07, 6.45) is 0.972. The van der Waals surface area contributed by atoms with E-state index >= 15 is 0 Å². The maximum absolute atomic E-state index is 13.3.